The first-order valence-electron chi connectivity index (χ1n) is 11.0. The number of piperidine rings is 1. The van der Waals surface area contributed by atoms with Gasteiger partial charge in [0.1, 0.15) is 5.75 Å². The molecule has 7 heteroatoms. The van der Waals surface area contributed by atoms with Crippen molar-refractivity contribution in [1.82, 2.24) is 15.0 Å². The Balaban J connectivity index is 1.42. The van der Waals surface area contributed by atoms with Gasteiger partial charge >= 0.3 is 0 Å². The topological polar surface area (TPSA) is 77.7 Å². The van der Waals surface area contributed by atoms with E-state index in [2.05, 4.69) is 24.0 Å². The third-order valence-corrected chi connectivity index (χ3v) is 5.09. The number of ether oxygens (including phenoxy) is 2. The smallest absolute Gasteiger partial charge is 0.227 e. The number of carbonyl (C=O) groups is 1. The molecule has 0 aliphatic carbocycles. The molecule has 0 radical (unpaired) electrons. The summed E-state index contributed by atoms with van der Waals surface area (Å²) in [5, 5.41) is 4.02. The third kappa shape index (κ3) is 6.83. The molecule has 1 unspecified atom stereocenters. The molecule has 0 spiro atoms. The molecule has 1 aromatic carbocycles. The molecule has 7 nitrogen and oxygen atoms in total. The van der Waals surface area contributed by atoms with Crippen LogP contribution in [0.2, 0.25) is 0 Å². The van der Waals surface area contributed by atoms with Gasteiger partial charge < -0.3 is 18.9 Å². The Morgan fingerprint density at radius 1 is 1.30 bits per heavy atom. The Kier molecular flexibility index (Phi) is 8.25. The van der Waals surface area contributed by atoms with Crippen molar-refractivity contribution in [3.8, 4) is 5.75 Å². The van der Waals surface area contributed by atoms with Crippen LogP contribution >= 0.6 is 0 Å². The molecule has 1 aliphatic rings. The van der Waals surface area contributed by atoms with E-state index in [1.165, 1.54) is 0 Å². The molecule has 1 aliphatic heterocycles. The molecule has 1 fully saturated rings. The van der Waals surface area contributed by atoms with Crippen molar-refractivity contribution in [3.63, 3.8) is 0 Å². The van der Waals surface area contributed by atoms with Crippen LogP contribution in [0, 0.1) is 5.92 Å². The van der Waals surface area contributed by atoms with Crippen molar-refractivity contribution in [2.45, 2.75) is 59.0 Å². The zero-order valence-electron chi connectivity index (χ0n) is 18.3. The van der Waals surface area contributed by atoms with E-state index in [0.717, 1.165) is 37.1 Å². The normalized spacial score (nSPS) is 16.8. The van der Waals surface area contributed by atoms with Crippen LogP contribution in [0.5, 0.6) is 5.75 Å². The van der Waals surface area contributed by atoms with Gasteiger partial charge in [0, 0.05) is 25.9 Å². The summed E-state index contributed by atoms with van der Waals surface area (Å²) in [5.41, 5.74) is 1.00. The van der Waals surface area contributed by atoms with Crippen molar-refractivity contribution in [1.29, 1.82) is 0 Å². The predicted molar refractivity (Wildman–Crippen MR) is 113 cm³/mol. The van der Waals surface area contributed by atoms with Gasteiger partial charge in [0.15, 0.2) is 5.82 Å². The first-order valence-corrected chi connectivity index (χ1v) is 11.0. The van der Waals surface area contributed by atoms with E-state index in [1.54, 1.807) is 0 Å². The van der Waals surface area contributed by atoms with Crippen LogP contribution in [0.15, 0.2) is 28.8 Å². The highest BCUT2D eigenvalue weighted by molar-refractivity contribution is 5.79. The SMILES string of the molecule is CCOc1ccc(CC(=O)N2CCCC(OCCc3noc(CC(C)C)n3)C2)cc1. The Labute approximate surface area is 178 Å². The minimum atomic E-state index is 0.0602. The van der Waals surface area contributed by atoms with Crippen molar-refractivity contribution in [2.24, 2.45) is 5.92 Å². The lowest BCUT2D eigenvalue weighted by atomic mass is 10.1. The summed E-state index contributed by atoms with van der Waals surface area (Å²) in [4.78, 5) is 19.0. The molecule has 3 rings (SSSR count). The van der Waals surface area contributed by atoms with Gasteiger partial charge in [-0.15, -0.1) is 0 Å². The summed E-state index contributed by atoms with van der Waals surface area (Å²) >= 11 is 0. The molecular weight excluding hydrogens is 382 g/mol. The lowest BCUT2D eigenvalue weighted by Crippen LogP contribution is -2.44. The number of rotatable bonds is 10. The van der Waals surface area contributed by atoms with Crippen molar-refractivity contribution in [2.75, 3.05) is 26.3 Å². The van der Waals surface area contributed by atoms with Crippen molar-refractivity contribution in [3.05, 3.63) is 41.5 Å². The molecule has 0 N–H and O–H groups in total. The molecule has 30 heavy (non-hydrogen) atoms. The van der Waals surface area contributed by atoms with Gasteiger partial charge in [0.05, 0.1) is 25.7 Å². The maximum atomic E-state index is 12.7. The molecule has 1 aromatic heterocycles. The lowest BCUT2D eigenvalue weighted by molar-refractivity contribution is -0.134. The first-order chi connectivity index (χ1) is 14.5. The summed E-state index contributed by atoms with van der Waals surface area (Å²) in [6.07, 6.45) is 3.81. The van der Waals surface area contributed by atoms with E-state index in [9.17, 15) is 4.79 Å². The summed E-state index contributed by atoms with van der Waals surface area (Å²) in [6.45, 7) is 8.81. The van der Waals surface area contributed by atoms with Crippen LogP contribution in [-0.4, -0.2) is 53.4 Å². The van der Waals surface area contributed by atoms with Gasteiger partial charge in [-0.1, -0.05) is 31.1 Å². The van der Waals surface area contributed by atoms with Gasteiger partial charge in [-0.2, -0.15) is 4.98 Å². The fourth-order valence-corrected chi connectivity index (χ4v) is 3.60. The fourth-order valence-electron chi connectivity index (χ4n) is 3.60. The van der Waals surface area contributed by atoms with Crippen LogP contribution < -0.4 is 4.74 Å². The van der Waals surface area contributed by atoms with Crippen LogP contribution in [0.4, 0.5) is 0 Å². The zero-order valence-corrected chi connectivity index (χ0v) is 18.3. The molecular formula is C23H33N3O4. The van der Waals surface area contributed by atoms with Crippen molar-refractivity contribution < 1.29 is 18.8 Å². The average Bonchev–Trinajstić information content (AvgIpc) is 3.16. The maximum Gasteiger partial charge on any atom is 0.227 e. The summed E-state index contributed by atoms with van der Waals surface area (Å²) in [5.74, 6) is 2.83. The molecule has 1 atom stereocenters. The molecule has 2 heterocycles. The Hall–Kier alpha value is -2.41. The first kappa shape index (κ1) is 22.3. The second kappa shape index (κ2) is 11.1. The van der Waals surface area contributed by atoms with E-state index in [-0.39, 0.29) is 12.0 Å². The number of amides is 1. The van der Waals surface area contributed by atoms with Gasteiger partial charge in [-0.3, -0.25) is 4.79 Å². The second-order valence-corrected chi connectivity index (χ2v) is 8.18. The highest BCUT2D eigenvalue weighted by atomic mass is 16.5. The summed E-state index contributed by atoms with van der Waals surface area (Å²) in [7, 11) is 0. The highest BCUT2D eigenvalue weighted by Gasteiger charge is 2.24. The average molecular weight is 416 g/mol. The number of hydrogen-bond donors (Lipinski definition) is 0. The Morgan fingerprint density at radius 2 is 2.10 bits per heavy atom. The Morgan fingerprint density at radius 3 is 2.83 bits per heavy atom. The van der Waals surface area contributed by atoms with Crippen LogP contribution in [0.25, 0.3) is 0 Å². The highest BCUT2D eigenvalue weighted by Crippen LogP contribution is 2.17. The Bertz CT molecular complexity index is 788. The standard InChI is InChI=1S/C23H33N3O4/c1-4-28-19-9-7-18(8-10-19)15-23(27)26-12-5-6-20(16-26)29-13-11-21-24-22(30-25-21)14-17(2)3/h7-10,17,20H,4-6,11-16H2,1-3H3. The monoisotopic (exact) mass is 415 g/mol. The van der Waals surface area contributed by atoms with Gasteiger partial charge in [-0.05, 0) is 43.4 Å². The fraction of sp³-hybridized carbons (Fsp3) is 0.609. The number of carbonyl (C=O) groups excluding carboxylic acids is 1. The summed E-state index contributed by atoms with van der Waals surface area (Å²) < 4.78 is 16.7. The third-order valence-electron chi connectivity index (χ3n) is 5.09. The molecule has 1 amide bonds. The summed E-state index contributed by atoms with van der Waals surface area (Å²) in [6, 6.07) is 7.75. The van der Waals surface area contributed by atoms with Gasteiger partial charge in [-0.25, -0.2) is 0 Å². The number of benzene rings is 1. The van der Waals surface area contributed by atoms with E-state index < -0.39 is 0 Å². The minimum Gasteiger partial charge on any atom is -0.494 e. The van der Waals surface area contributed by atoms with Crippen LogP contribution in [-0.2, 0) is 28.8 Å². The van der Waals surface area contributed by atoms with E-state index in [1.807, 2.05) is 36.1 Å². The number of hydrogen-bond acceptors (Lipinski definition) is 6. The molecule has 0 bridgehead atoms. The van der Waals surface area contributed by atoms with E-state index in [0.29, 0.717) is 50.2 Å². The van der Waals surface area contributed by atoms with E-state index in [4.69, 9.17) is 14.0 Å². The zero-order chi connectivity index (χ0) is 21.3. The number of nitrogens with zero attached hydrogens (tertiary/aromatic N) is 3. The molecule has 0 saturated carbocycles. The van der Waals surface area contributed by atoms with Crippen LogP contribution in [0.1, 0.15) is 50.9 Å². The number of aromatic nitrogens is 2. The largest absolute Gasteiger partial charge is 0.494 e. The van der Waals surface area contributed by atoms with Crippen molar-refractivity contribution >= 4 is 5.91 Å². The maximum absolute atomic E-state index is 12.7. The number of likely N-dealkylation sites (tertiary alicyclic amines) is 1. The lowest BCUT2D eigenvalue weighted by Gasteiger charge is -2.32. The molecule has 164 valence electrons. The molecule has 1 saturated heterocycles. The predicted octanol–water partition coefficient (Wildman–Crippen LogP) is 3.46. The van der Waals surface area contributed by atoms with Gasteiger partial charge in [0.2, 0.25) is 11.8 Å². The second-order valence-electron chi connectivity index (χ2n) is 8.18. The van der Waals surface area contributed by atoms with Crippen LogP contribution in [0.3, 0.4) is 0 Å². The van der Waals surface area contributed by atoms with Gasteiger partial charge in [0.25, 0.3) is 0 Å². The molecule has 2 aromatic rings. The minimum absolute atomic E-state index is 0.0602. The quantitative estimate of drug-likeness (QED) is 0.591. The van der Waals surface area contributed by atoms with E-state index >= 15 is 0 Å².